The summed E-state index contributed by atoms with van der Waals surface area (Å²) in [5, 5.41) is 10.1. The summed E-state index contributed by atoms with van der Waals surface area (Å²) in [7, 11) is 0. The fourth-order valence-electron chi connectivity index (χ4n) is 13.7. The normalized spacial score (nSPS) is 11.5. The Bertz CT molecular complexity index is 2780. The van der Waals surface area contributed by atoms with Gasteiger partial charge in [0.15, 0.2) is 23.0 Å². The predicted molar refractivity (Wildman–Crippen MR) is 511 cm³/mol. The number of ether oxygens (including phenoxy) is 20. The summed E-state index contributed by atoms with van der Waals surface area (Å²) in [6, 6.07) is 20.8. The Morgan fingerprint density at radius 3 is 0.551 bits per heavy atom. The number of hydrogen-bond donors (Lipinski definition) is 3. The van der Waals surface area contributed by atoms with Crippen LogP contribution in [0.2, 0.25) is 0 Å². The van der Waals surface area contributed by atoms with E-state index in [4.69, 9.17) is 110 Å². The van der Waals surface area contributed by atoms with Crippen molar-refractivity contribution >= 4 is 34.9 Å². The zero-order valence-electron chi connectivity index (χ0n) is 80.1. The summed E-state index contributed by atoms with van der Waals surface area (Å²) in [4.78, 5) is 14.5. The molecule has 732 valence electrons. The Morgan fingerprint density at radius 2 is 0.339 bits per heavy atom. The highest BCUT2D eigenvalue weighted by Gasteiger charge is 2.16. The Hall–Kier alpha value is -5.37. The van der Waals surface area contributed by atoms with Gasteiger partial charge >= 0.3 is 0 Å². The third-order valence-corrected chi connectivity index (χ3v) is 21.0. The SMILES string of the molecule is CCCCCCCCCCCCOCCOCCOCCOCCOc1ccc(Nc2nc(Nc3ccccc3)nc(Nc3ccc(OCCOCCOCCOCCOCCCCCCCCCCCC)c(OCCOCCOCCOCCOCCCCCCCCCCCC)c3)n2)cc1OCCOCCOCCOCCOCCCCCCCCCCCC. The molecule has 0 atom stereocenters. The number of nitrogens with one attached hydrogen (secondary N) is 3. The molecule has 0 saturated carbocycles. The molecule has 0 spiro atoms. The van der Waals surface area contributed by atoms with Gasteiger partial charge in [0, 0.05) is 55.6 Å². The minimum absolute atomic E-state index is 0.234. The third kappa shape index (κ3) is 72.9. The zero-order valence-corrected chi connectivity index (χ0v) is 80.1. The average molecular weight is 1800 g/mol. The van der Waals surface area contributed by atoms with E-state index in [1.807, 2.05) is 66.7 Å². The molecule has 3 aromatic carbocycles. The quantitative estimate of drug-likeness (QED) is 0.0347. The minimum atomic E-state index is 0.234. The summed E-state index contributed by atoms with van der Waals surface area (Å²) < 4.78 is 118. The van der Waals surface area contributed by atoms with Gasteiger partial charge < -0.3 is 111 Å². The molecule has 0 unspecified atom stereocenters. The van der Waals surface area contributed by atoms with Crippen LogP contribution >= 0.6 is 0 Å². The van der Waals surface area contributed by atoms with Crippen molar-refractivity contribution in [3.63, 3.8) is 0 Å². The van der Waals surface area contributed by atoms with Gasteiger partial charge in [-0.05, 0) is 62.1 Å². The van der Waals surface area contributed by atoms with E-state index in [2.05, 4.69) is 43.6 Å². The average Bonchev–Trinajstić information content (AvgIpc) is 0.820. The van der Waals surface area contributed by atoms with E-state index >= 15 is 0 Å². The van der Waals surface area contributed by atoms with Crippen LogP contribution in [0.5, 0.6) is 23.0 Å². The van der Waals surface area contributed by atoms with Gasteiger partial charge in [0.2, 0.25) is 17.8 Å². The lowest BCUT2D eigenvalue weighted by Crippen LogP contribution is -2.15. The molecule has 0 radical (unpaired) electrons. The topological polar surface area (TPSA) is 259 Å². The van der Waals surface area contributed by atoms with Crippen molar-refractivity contribution in [2.75, 3.05) is 254 Å². The molecule has 0 bridgehead atoms. The van der Waals surface area contributed by atoms with Crippen LogP contribution in [-0.4, -0.2) is 253 Å². The van der Waals surface area contributed by atoms with Gasteiger partial charge in [-0.2, -0.15) is 15.0 Å². The second kappa shape index (κ2) is 91.1. The van der Waals surface area contributed by atoms with E-state index in [0.29, 0.717) is 219 Å². The summed E-state index contributed by atoms with van der Waals surface area (Å²) in [5.41, 5.74) is 2.02. The monoisotopic (exact) mass is 1800 g/mol. The lowest BCUT2D eigenvalue weighted by Gasteiger charge is -2.16. The molecule has 1 heterocycles. The molecule has 26 heteroatoms. The van der Waals surface area contributed by atoms with Gasteiger partial charge in [-0.1, -0.05) is 277 Å². The summed E-state index contributed by atoms with van der Waals surface area (Å²) in [5.74, 6) is 2.74. The van der Waals surface area contributed by atoms with Gasteiger partial charge in [0.25, 0.3) is 0 Å². The van der Waals surface area contributed by atoms with Crippen LogP contribution in [0.15, 0.2) is 66.7 Å². The highest BCUT2D eigenvalue weighted by molar-refractivity contribution is 5.65. The van der Waals surface area contributed by atoms with Crippen molar-refractivity contribution in [3.8, 4) is 23.0 Å². The Balaban J connectivity index is 1.31. The Morgan fingerprint density at radius 1 is 0.165 bits per heavy atom. The van der Waals surface area contributed by atoms with Crippen molar-refractivity contribution in [2.24, 2.45) is 0 Å². The number of para-hydroxylation sites is 1. The van der Waals surface area contributed by atoms with Crippen LogP contribution < -0.4 is 34.9 Å². The van der Waals surface area contributed by atoms with Crippen molar-refractivity contribution < 1.29 is 94.7 Å². The highest BCUT2D eigenvalue weighted by atomic mass is 16.6. The van der Waals surface area contributed by atoms with E-state index in [0.717, 1.165) is 57.8 Å². The lowest BCUT2D eigenvalue weighted by atomic mass is 10.1. The summed E-state index contributed by atoms with van der Waals surface area (Å²) in [6.45, 7) is 26.2. The molecule has 127 heavy (non-hydrogen) atoms. The van der Waals surface area contributed by atoms with Crippen LogP contribution in [0.3, 0.4) is 0 Å². The Kier molecular flexibility index (Phi) is 81.8. The van der Waals surface area contributed by atoms with Crippen LogP contribution in [0.1, 0.15) is 285 Å². The molecular formula is C101H178N6O20. The maximum atomic E-state index is 6.39. The molecule has 0 aliphatic heterocycles. The van der Waals surface area contributed by atoms with Gasteiger partial charge in [-0.3, -0.25) is 0 Å². The zero-order chi connectivity index (χ0) is 89.7. The number of rotatable bonds is 102. The molecular weight excluding hydrogens is 1620 g/mol. The van der Waals surface area contributed by atoms with Crippen molar-refractivity contribution in [3.05, 3.63) is 66.7 Å². The molecule has 0 saturated heterocycles. The number of unbranched alkanes of at least 4 members (excludes halogenated alkanes) is 36. The van der Waals surface area contributed by atoms with Gasteiger partial charge in [0.05, 0.1) is 185 Å². The molecule has 0 amide bonds. The third-order valence-electron chi connectivity index (χ3n) is 21.0. The largest absolute Gasteiger partial charge is 0.487 e. The molecule has 0 aliphatic carbocycles. The Labute approximate surface area is 768 Å². The molecule has 0 fully saturated rings. The second-order valence-corrected chi connectivity index (χ2v) is 32.3. The lowest BCUT2D eigenvalue weighted by molar-refractivity contribution is -0.00569. The number of hydrogen-bond acceptors (Lipinski definition) is 26. The first-order chi connectivity index (χ1) is 63.1. The summed E-state index contributed by atoms with van der Waals surface area (Å²) >= 11 is 0. The van der Waals surface area contributed by atoms with Crippen molar-refractivity contribution in [2.45, 2.75) is 285 Å². The standard InChI is InChI=1S/C101H178N6O20/c1-5-9-13-17-21-25-29-33-37-44-54-108-58-62-112-66-70-116-74-78-120-82-86-124-95-52-50-93(90-97(95)126-88-84-122-80-76-118-72-68-114-64-60-110-56-46-39-35-31-27-23-19-15-11-7-3)103-100-105-99(102-92-48-42-41-43-49-92)106-101(107-100)104-94-51-53-96(125-87-83-121-79-75-117-71-67-113-63-59-109-55-45-38-34-30-26-22-18-14-10-6-2)98(91-94)127-89-85-123-81-77-119-73-69-115-65-61-111-57-47-40-36-32-28-24-20-16-12-8-4/h41-43,48-53,90-91H,5-40,44-47,54-89H2,1-4H3,(H3,102,103,104,105,106,107). The molecule has 4 rings (SSSR count). The maximum absolute atomic E-state index is 6.39. The predicted octanol–water partition coefficient (Wildman–Crippen LogP) is 22.6. The second-order valence-electron chi connectivity index (χ2n) is 32.3. The molecule has 26 nitrogen and oxygen atoms in total. The van der Waals surface area contributed by atoms with Crippen LogP contribution in [0.4, 0.5) is 34.9 Å². The van der Waals surface area contributed by atoms with Gasteiger partial charge in [-0.15, -0.1) is 0 Å². The van der Waals surface area contributed by atoms with Crippen LogP contribution in [0, 0.1) is 0 Å². The first kappa shape index (κ1) is 114. The van der Waals surface area contributed by atoms with E-state index in [1.54, 1.807) is 0 Å². The van der Waals surface area contributed by atoms with Crippen LogP contribution in [0.25, 0.3) is 0 Å². The minimum Gasteiger partial charge on any atom is -0.487 e. The van der Waals surface area contributed by atoms with Gasteiger partial charge in [-0.25, -0.2) is 0 Å². The first-order valence-corrected chi connectivity index (χ1v) is 50.3. The smallest absolute Gasteiger partial charge is 0.233 e. The molecule has 3 N–H and O–H groups in total. The van der Waals surface area contributed by atoms with Crippen molar-refractivity contribution in [1.82, 2.24) is 15.0 Å². The fraction of sp³-hybridized carbons (Fsp3) is 0.792. The van der Waals surface area contributed by atoms with Gasteiger partial charge in [0.1, 0.15) is 26.4 Å². The molecule has 0 aliphatic rings. The molecule has 4 aromatic rings. The van der Waals surface area contributed by atoms with E-state index in [-0.39, 0.29) is 44.3 Å². The number of nitrogens with zero attached hydrogens (tertiary/aromatic N) is 3. The van der Waals surface area contributed by atoms with E-state index < -0.39 is 0 Å². The van der Waals surface area contributed by atoms with E-state index in [1.165, 1.54) is 231 Å². The summed E-state index contributed by atoms with van der Waals surface area (Å²) in [6.07, 6.45) is 52.4. The number of benzene rings is 3. The van der Waals surface area contributed by atoms with E-state index in [9.17, 15) is 0 Å². The highest BCUT2D eigenvalue weighted by Crippen LogP contribution is 2.34. The number of aromatic nitrogens is 3. The number of anilines is 6. The fourth-order valence-corrected chi connectivity index (χ4v) is 13.7. The maximum Gasteiger partial charge on any atom is 0.233 e. The van der Waals surface area contributed by atoms with Crippen LogP contribution in [-0.2, 0) is 75.8 Å². The van der Waals surface area contributed by atoms with Crippen molar-refractivity contribution in [1.29, 1.82) is 0 Å². The molecule has 1 aromatic heterocycles. The first-order valence-electron chi connectivity index (χ1n) is 50.3.